The van der Waals surface area contributed by atoms with Gasteiger partial charge in [-0.2, -0.15) is 0 Å². The molecule has 0 aliphatic carbocycles. The van der Waals surface area contributed by atoms with Gasteiger partial charge in [0.2, 0.25) is 5.91 Å². The molecule has 134 valence electrons. The van der Waals surface area contributed by atoms with Crippen LogP contribution in [0.2, 0.25) is 0 Å². The molecule has 6 nitrogen and oxygen atoms in total. The zero-order valence-corrected chi connectivity index (χ0v) is 15.0. The van der Waals surface area contributed by atoms with E-state index in [9.17, 15) is 9.59 Å². The summed E-state index contributed by atoms with van der Waals surface area (Å²) in [5, 5.41) is 3.45. The zero-order chi connectivity index (χ0) is 18.5. The number of anilines is 1. The van der Waals surface area contributed by atoms with E-state index in [4.69, 9.17) is 0 Å². The number of aromatic amines is 1. The number of aromatic nitrogens is 2. The van der Waals surface area contributed by atoms with Crippen LogP contribution in [0.1, 0.15) is 18.3 Å². The molecule has 0 bridgehead atoms. The molecular formula is C20H22N4O2. The predicted octanol–water partition coefficient (Wildman–Crippen LogP) is 2.69. The summed E-state index contributed by atoms with van der Waals surface area (Å²) >= 11 is 0. The highest BCUT2D eigenvalue weighted by atomic mass is 16.2. The van der Waals surface area contributed by atoms with Crippen molar-refractivity contribution in [1.82, 2.24) is 14.9 Å². The van der Waals surface area contributed by atoms with Crippen LogP contribution in [-0.4, -0.2) is 33.9 Å². The summed E-state index contributed by atoms with van der Waals surface area (Å²) in [6.45, 7) is 5.26. The number of carbonyl (C=O) groups is 1. The Labute approximate surface area is 151 Å². The summed E-state index contributed by atoms with van der Waals surface area (Å²) in [5.74, 6) is 0.456. The number of benzene rings is 2. The zero-order valence-electron chi connectivity index (χ0n) is 15.0. The van der Waals surface area contributed by atoms with E-state index >= 15 is 0 Å². The van der Waals surface area contributed by atoms with E-state index in [0.29, 0.717) is 29.8 Å². The number of amides is 1. The van der Waals surface area contributed by atoms with Gasteiger partial charge in [-0.1, -0.05) is 36.8 Å². The summed E-state index contributed by atoms with van der Waals surface area (Å²) in [4.78, 5) is 33.7. The van der Waals surface area contributed by atoms with Gasteiger partial charge >= 0.3 is 0 Å². The molecule has 0 unspecified atom stereocenters. The van der Waals surface area contributed by atoms with Gasteiger partial charge in [-0.25, -0.2) is 4.98 Å². The highest BCUT2D eigenvalue weighted by Gasteiger charge is 2.12. The average molecular weight is 350 g/mol. The average Bonchev–Trinajstić information content (AvgIpc) is 2.63. The Morgan fingerprint density at radius 3 is 2.62 bits per heavy atom. The van der Waals surface area contributed by atoms with Gasteiger partial charge in [0.05, 0.1) is 24.0 Å². The lowest BCUT2D eigenvalue weighted by Gasteiger charge is -2.19. The van der Waals surface area contributed by atoms with Gasteiger partial charge < -0.3 is 10.3 Å². The molecule has 0 fully saturated rings. The summed E-state index contributed by atoms with van der Waals surface area (Å²) in [7, 11) is 0. The number of rotatable bonds is 6. The van der Waals surface area contributed by atoms with Crippen LogP contribution in [0.5, 0.6) is 0 Å². The first kappa shape index (κ1) is 17.8. The molecular weight excluding hydrogens is 328 g/mol. The van der Waals surface area contributed by atoms with Crippen molar-refractivity contribution in [3.05, 3.63) is 70.3 Å². The lowest BCUT2D eigenvalue weighted by atomic mass is 10.2. The highest BCUT2D eigenvalue weighted by Crippen LogP contribution is 2.10. The minimum Gasteiger partial charge on any atom is -0.325 e. The molecule has 0 aliphatic heterocycles. The normalized spacial score (nSPS) is 11.0. The van der Waals surface area contributed by atoms with Crippen LogP contribution in [-0.2, 0) is 11.3 Å². The van der Waals surface area contributed by atoms with Crippen LogP contribution in [0.15, 0.2) is 53.3 Å². The molecule has 6 heteroatoms. The van der Waals surface area contributed by atoms with Gasteiger partial charge in [0, 0.05) is 5.69 Å². The number of carbonyl (C=O) groups excluding carboxylic acids is 1. The monoisotopic (exact) mass is 350 g/mol. The lowest BCUT2D eigenvalue weighted by Crippen LogP contribution is -2.33. The Morgan fingerprint density at radius 1 is 1.15 bits per heavy atom. The molecule has 2 N–H and O–H groups in total. The highest BCUT2D eigenvalue weighted by molar-refractivity contribution is 5.92. The maximum absolute atomic E-state index is 12.3. The SMILES string of the molecule is CCN(CC(=O)Nc1ccc(C)cc1)Cc1nc2ccccc2c(=O)[nH]1. The smallest absolute Gasteiger partial charge is 0.258 e. The Balaban J connectivity index is 1.68. The van der Waals surface area contributed by atoms with E-state index in [-0.39, 0.29) is 18.0 Å². The number of fused-ring (bicyclic) bond motifs is 1. The van der Waals surface area contributed by atoms with Gasteiger partial charge in [0.25, 0.3) is 5.56 Å². The van der Waals surface area contributed by atoms with E-state index in [1.165, 1.54) is 0 Å². The van der Waals surface area contributed by atoms with E-state index in [2.05, 4.69) is 15.3 Å². The van der Waals surface area contributed by atoms with Crippen LogP contribution >= 0.6 is 0 Å². The Bertz CT molecular complexity index is 963. The molecule has 26 heavy (non-hydrogen) atoms. The van der Waals surface area contributed by atoms with Gasteiger partial charge in [0.15, 0.2) is 0 Å². The first-order chi connectivity index (χ1) is 12.5. The van der Waals surface area contributed by atoms with Gasteiger partial charge in [-0.05, 0) is 37.7 Å². The Kier molecular flexibility index (Phi) is 5.43. The van der Waals surface area contributed by atoms with Crippen molar-refractivity contribution >= 4 is 22.5 Å². The quantitative estimate of drug-likeness (QED) is 0.716. The number of aryl methyl sites for hydroxylation is 1. The molecule has 0 spiro atoms. The number of likely N-dealkylation sites (N-methyl/N-ethyl adjacent to an activating group) is 1. The fraction of sp³-hybridized carbons (Fsp3) is 0.250. The molecule has 1 heterocycles. The standard InChI is InChI=1S/C20H22N4O2/c1-3-24(13-19(25)21-15-10-8-14(2)9-11-15)12-18-22-17-7-5-4-6-16(17)20(26)23-18/h4-11H,3,12-13H2,1-2H3,(H,21,25)(H,22,23,26). The van der Waals surface area contributed by atoms with Crippen molar-refractivity contribution in [2.45, 2.75) is 20.4 Å². The minimum absolute atomic E-state index is 0.0983. The summed E-state index contributed by atoms with van der Waals surface area (Å²) < 4.78 is 0. The fourth-order valence-electron chi connectivity index (χ4n) is 2.74. The third kappa shape index (κ3) is 4.34. The van der Waals surface area contributed by atoms with Gasteiger partial charge in [0.1, 0.15) is 5.82 Å². The van der Waals surface area contributed by atoms with Crippen molar-refractivity contribution in [2.24, 2.45) is 0 Å². The lowest BCUT2D eigenvalue weighted by molar-refractivity contribution is -0.117. The first-order valence-electron chi connectivity index (χ1n) is 8.62. The number of nitrogens with zero attached hydrogens (tertiary/aromatic N) is 2. The fourth-order valence-corrected chi connectivity index (χ4v) is 2.74. The molecule has 0 aliphatic rings. The van der Waals surface area contributed by atoms with Crippen molar-refractivity contribution in [2.75, 3.05) is 18.4 Å². The molecule has 2 aromatic carbocycles. The van der Waals surface area contributed by atoms with Crippen LogP contribution < -0.4 is 10.9 Å². The predicted molar refractivity (Wildman–Crippen MR) is 103 cm³/mol. The maximum atomic E-state index is 12.3. The summed E-state index contributed by atoms with van der Waals surface area (Å²) in [5.41, 5.74) is 2.41. The summed E-state index contributed by atoms with van der Waals surface area (Å²) in [6.07, 6.45) is 0. The van der Waals surface area contributed by atoms with E-state index < -0.39 is 0 Å². The van der Waals surface area contributed by atoms with Crippen LogP contribution in [0, 0.1) is 6.92 Å². The summed E-state index contributed by atoms with van der Waals surface area (Å²) in [6, 6.07) is 14.9. The minimum atomic E-state index is -0.161. The molecule has 3 rings (SSSR count). The van der Waals surface area contributed by atoms with Crippen LogP contribution in [0.3, 0.4) is 0 Å². The molecule has 0 atom stereocenters. The number of para-hydroxylation sites is 1. The van der Waals surface area contributed by atoms with Gasteiger partial charge in [-0.3, -0.25) is 14.5 Å². The molecule has 0 radical (unpaired) electrons. The number of hydrogen-bond donors (Lipinski definition) is 2. The Morgan fingerprint density at radius 2 is 1.88 bits per heavy atom. The third-order valence-electron chi connectivity index (χ3n) is 4.19. The second kappa shape index (κ2) is 7.93. The van der Waals surface area contributed by atoms with Crippen LogP contribution in [0.25, 0.3) is 10.9 Å². The number of hydrogen-bond acceptors (Lipinski definition) is 4. The van der Waals surface area contributed by atoms with Crippen molar-refractivity contribution in [3.8, 4) is 0 Å². The van der Waals surface area contributed by atoms with E-state index in [0.717, 1.165) is 11.3 Å². The van der Waals surface area contributed by atoms with Crippen molar-refractivity contribution < 1.29 is 4.79 Å². The van der Waals surface area contributed by atoms with Crippen LogP contribution in [0.4, 0.5) is 5.69 Å². The third-order valence-corrected chi connectivity index (χ3v) is 4.19. The topological polar surface area (TPSA) is 78.1 Å². The molecule has 1 aromatic heterocycles. The number of nitrogens with one attached hydrogen (secondary N) is 2. The van der Waals surface area contributed by atoms with E-state index in [1.807, 2.05) is 61.2 Å². The molecule has 0 saturated heterocycles. The first-order valence-corrected chi connectivity index (χ1v) is 8.62. The van der Waals surface area contributed by atoms with E-state index in [1.54, 1.807) is 6.07 Å². The molecule has 1 amide bonds. The van der Waals surface area contributed by atoms with Gasteiger partial charge in [-0.15, -0.1) is 0 Å². The second-order valence-electron chi connectivity index (χ2n) is 6.25. The second-order valence-corrected chi connectivity index (χ2v) is 6.25. The maximum Gasteiger partial charge on any atom is 0.258 e. The number of H-pyrrole nitrogens is 1. The van der Waals surface area contributed by atoms with Crippen molar-refractivity contribution in [1.29, 1.82) is 0 Å². The largest absolute Gasteiger partial charge is 0.325 e. The van der Waals surface area contributed by atoms with Crippen molar-refractivity contribution in [3.63, 3.8) is 0 Å². The molecule has 0 saturated carbocycles. The molecule has 3 aromatic rings. The Hall–Kier alpha value is -2.99.